The van der Waals surface area contributed by atoms with Gasteiger partial charge in [0.15, 0.2) is 0 Å². The highest BCUT2D eigenvalue weighted by atomic mass is 32.1. The van der Waals surface area contributed by atoms with Gasteiger partial charge in [0.25, 0.3) is 0 Å². The third-order valence-electron chi connectivity index (χ3n) is 2.93. The van der Waals surface area contributed by atoms with Crippen LogP contribution in [0.2, 0.25) is 0 Å². The van der Waals surface area contributed by atoms with Crippen molar-refractivity contribution in [1.29, 1.82) is 0 Å². The first-order chi connectivity index (χ1) is 8.00. The van der Waals surface area contributed by atoms with Gasteiger partial charge in [0.05, 0.1) is 10.7 Å². The van der Waals surface area contributed by atoms with Crippen molar-refractivity contribution in [2.45, 2.75) is 73.4 Å². The average Bonchev–Trinajstić information content (AvgIpc) is 2.39. The molecule has 0 spiro atoms. The minimum Gasteiger partial charge on any atom is -0.304 e. The van der Waals surface area contributed by atoms with E-state index in [4.69, 9.17) is 0 Å². The van der Waals surface area contributed by atoms with E-state index in [1.807, 2.05) is 0 Å². The van der Waals surface area contributed by atoms with Crippen LogP contribution in [0.15, 0.2) is 0 Å². The molecule has 0 saturated heterocycles. The van der Waals surface area contributed by atoms with E-state index in [0.29, 0.717) is 11.5 Å². The molecule has 0 saturated carbocycles. The Morgan fingerprint density at radius 2 is 1.72 bits per heavy atom. The molecule has 0 aromatic carbocycles. The maximum absolute atomic E-state index is 4.65. The van der Waals surface area contributed by atoms with Gasteiger partial charge in [0.1, 0.15) is 0 Å². The van der Waals surface area contributed by atoms with Crippen LogP contribution < -0.4 is 5.32 Å². The van der Waals surface area contributed by atoms with E-state index in [1.54, 1.807) is 11.3 Å². The van der Waals surface area contributed by atoms with Gasteiger partial charge in [-0.1, -0.05) is 20.8 Å². The summed E-state index contributed by atoms with van der Waals surface area (Å²) >= 11 is 1.79. The van der Waals surface area contributed by atoms with Gasteiger partial charge in [-0.25, -0.2) is 4.98 Å². The number of thiazole rings is 1. The van der Waals surface area contributed by atoms with Crippen LogP contribution in [0.3, 0.4) is 0 Å². The van der Waals surface area contributed by atoms with Crippen molar-refractivity contribution < 1.29 is 0 Å². The Hall–Kier alpha value is -0.410. The molecule has 0 aliphatic carbocycles. The second-order valence-corrected chi connectivity index (χ2v) is 8.57. The Morgan fingerprint density at radius 3 is 2.11 bits per heavy atom. The summed E-state index contributed by atoms with van der Waals surface area (Å²) in [5.74, 6) is 0. The highest BCUT2D eigenvalue weighted by molar-refractivity contribution is 7.11. The van der Waals surface area contributed by atoms with Crippen molar-refractivity contribution in [3.63, 3.8) is 0 Å². The molecule has 2 nitrogen and oxygen atoms in total. The fourth-order valence-electron chi connectivity index (χ4n) is 2.98. The van der Waals surface area contributed by atoms with Crippen LogP contribution in [0, 0.1) is 19.3 Å². The van der Waals surface area contributed by atoms with Crippen molar-refractivity contribution in [2.75, 3.05) is 0 Å². The molecule has 1 aromatic heterocycles. The summed E-state index contributed by atoms with van der Waals surface area (Å²) in [6.07, 6.45) is 1.15. The maximum atomic E-state index is 4.65. The number of hydrogen-bond donors (Lipinski definition) is 1. The molecule has 1 N–H and O–H groups in total. The summed E-state index contributed by atoms with van der Waals surface area (Å²) in [5.41, 5.74) is 1.67. The summed E-state index contributed by atoms with van der Waals surface area (Å²) in [6, 6.07) is 0.312. The van der Waals surface area contributed by atoms with Crippen molar-refractivity contribution in [1.82, 2.24) is 10.3 Å². The van der Waals surface area contributed by atoms with Crippen LogP contribution in [0.25, 0.3) is 0 Å². The molecule has 1 atom stereocenters. The van der Waals surface area contributed by atoms with E-state index in [-0.39, 0.29) is 5.54 Å². The zero-order valence-electron chi connectivity index (χ0n) is 13.1. The van der Waals surface area contributed by atoms with Crippen LogP contribution in [0.1, 0.15) is 69.6 Å². The topological polar surface area (TPSA) is 24.9 Å². The van der Waals surface area contributed by atoms with Gasteiger partial charge in [-0.05, 0) is 46.5 Å². The number of aromatic nitrogens is 1. The van der Waals surface area contributed by atoms with E-state index in [0.717, 1.165) is 11.4 Å². The van der Waals surface area contributed by atoms with Crippen molar-refractivity contribution in [3.8, 4) is 0 Å². The van der Waals surface area contributed by atoms with Crippen LogP contribution in [-0.2, 0) is 0 Å². The standard InChI is InChI=1S/C15H28N2S/c1-10(13-11(2)18-12(3)16-13)17-15(7,8)9-14(4,5)6/h10,17H,9H2,1-8H3. The Bertz CT molecular complexity index is 399. The van der Waals surface area contributed by atoms with E-state index in [9.17, 15) is 0 Å². The predicted molar refractivity (Wildman–Crippen MR) is 81.3 cm³/mol. The second-order valence-electron chi connectivity index (χ2n) is 7.16. The zero-order chi connectivity index (χ0) is 14.1. The molecular formula is C15H28N2S. The van der Waals surface area contributed by atoms with Crippen molar-refractivity contribution in [3.05, 3.63) is 15.6 Å². The van der Waals surface area contributed by atoms with E-state index in [1.165, 1.54) is 10.6 Å². The number of hydrogen-bond acceptors (Lipinski definition) is 3. The molecule has 1 heterocycles. The molecule has 1 rings (SSSR count). The Labute approximate surface area is 116 Å². The molecule has 1 unspecified atom stereocenters. The maximum Gasteiger partial charge on any atom is 0.0900 e. The van der Waals surface area contributed by atoms with E-state index in [2.05, 4.69) is 65.7 Å². The van der Waals surface area contributed by atoms with Crippen LogP contribution in [0.4, 0.5) is 0 Å². The van der Waals surface area contributed by atoms with Crippen LogP contribution in [-0.4, -0.2) is 10.5 Å². The number of nitrogens with zero attached hydrogens (tertiary/aromatic N) is 1. The highest BCUT2D eigenvalue weighted by Crippen LogP contribution is 2.30. The fourth-order valence-corrected chi connectivity index (χ4v) is 3.89. The zero-order valence-corrected chi connectivity index (χ0v) is 14.0. The van der Waals surface area contributed by atoms with Gasteiger partial charge in [-0.2, -0.15) is 0 Å². The average molecular weight is 268 g/mol. The molecule has 0 bridgehead atoms. The third kappa shape index (κ3) is 4.69. The molecule has 0 amide bonds. The molecule has 0 aliphatic heterocycles. The Balaban J connectivity index is 2.75. The number of nitrogens with one attached hydrogen (secondary N) is 1. The predicted octanol–water partition coefficient (Wildman–Crippen LogP) is 4.63. The Kier molecular flexibility index (Phi) is 4.60. The lowest BCUT2D eigenvalue weighted by Crippen LogP contribution is -2.43. The van der Waals surface area contributed by atoms with Gasteiger partial charge >= 0.3 is 0 Å². The molecule has 3 heteroatoms. The van der Waals surface area contributed by atoms with Crippen LogP contribution in [0.5, 0.6) is 0 Å². The van der Waals surface area contributed by atoms with Gasteiger partial charge in [-0.15, -0.1) is 11.3 Å². The summed E-state index contributed by atoms with van der Waals surface area (Å²) < 4.78 is 0. The third-order valence-corrected chi connectivity index (χ3v) is 3.83. The summed E-state index contributed by atoms with van der Waals surface area (Å²) in [5, 5.41) is 4.88. The Morgan fingerprint density at radius 1 is 1.17 bits per heavy atom. The van der Waals surface area contributed by atoms with Crippen molar-refractivity contribution >= 4 is 11.3 Å². The highest BCUT2D eigenvalue weighted by Gasteiger charge is 2.28. The fraction of sp³-hybridized carbons (Fsp3) is 0.800. The molecule has 0 radical (unpaired) electrons. The number of rotatable bonds is 4. The van der Waals surface area contributed by atoms with Crippen molar-refractivity contribution in [2.24, 2.45) is 5.41 Å². The largest absolute Gasteiger partial charge is 0.304 e. The first-order valence-corrected chi connectivity index (χ1v) is 7.53. The van der Waals surface area contributed by atoms with Gasteiger partial charge < -0.3 is 5.32 Å². The molecule has 18 heavy (non-hydrogen) atoms. The quantitative estimate of drug-likeness (QED) is 0.861. The smallest absolute Gasteiger partial charge is 0.0900 e. The normalized spacial score (nSPS) is 14.9. The molecule has 104 valence electrons. The minimum absolute atomic E-state index is 0.127. The van der Waals surface area contributed by atoms with Gasteiger partial charge in [0, 0.05) is 16.5 Å². The van der Waals surface area contributed by atoms with Gasteiger partial charge in [0.2, 0.25) is 0 Å². The SMILES string of the molecule is Cc1nc(C(C)NC(C)(C)CC(C)(C)C)c(C)s1. The second kappa shape index (κ2) is 5.30. The number of aryl methyl sites for hydroxylation is 2. The molecule has 0 fully saturated rings. The summed E-state index contributed by atoms with van der Waals surface area (Å²) in [4.78, 5) is 5.98. The monoisotopic (exact) mass is 268 g/mol. The molecule has 0 aliphatic rings. The molecule has 1 aromatic rings. The van der Waals surface area contributed by atoms with Gasteiger partial charge in [-0.3, -0.25) is 0 Å². The minimum atomic E-state index is 0.127. The van der Waals surface area contributed by atoms with Crippen LogP contribution >= 0.6 is 11.3 Å². The van der Waals surface area contributed by atoms with E-state index < -0.39 is 0 Å². The first kappa shape index (κ1) is 15.6. The lowest BCUT2D eigenvalue weighted by atomic mass is 9.81. The molecular weight excluding hydrogens is 240 g/mol. The van der Waals surface area contributed by atoms with E-state index >= 15 is 0 Å². The lowest BCUT2D eigenvalue weighted by molar-refractivity contribution is 0.225. The summed E-state index contributed by atoms with van der Waals surface area (Å²) in [7, 11) is 0. The summed E-state index contributed by atoms with van der Waals surface area (Å²) in [6.45, 7) is 17.9. The first-order valence-electron chi connectivity index (χ1n) is 6.72. The lowest BCUT2D eigenvalue weighted by Gasteiger charge is -2.35.